The molecule has 0 bridgehead atoms. The van der Waals surface area contributed by atoms with Gasteiger partial charge < -0.3 is 20.5 Å². The fourth-order valence-electron chi connectivity index (χ4n) is 3.84. The molecular weight excluding hydrogens is 434 g/mol. The van der Waals surface area contributed by atoms with Crippen molar-refractivity contribution in [3.63, 3.8) is 0 Å². The van der Waals surface area contributed by atoms with E-state index in [0.29, 0.717) is 6.42 Å². The Labute approximate surface area is 190 Å². The maximum atomic E-state index is 14.2. The van der Waals surface area contributed by atoms with Crippen molar-refractivity contribution in [3.8, 4) is 11.1 Å². The van der Waals surface area contributed by atoms with Gasteiger partial charge in [0.05, 0.1) is 6.54 Å². The van der Waals surface area contributed by atoms with E-state index in [2.05, 4.69) is 0 Å². The van der Waals surface area contributed by atoms with Gasteiger partial charge in [-0.25, -0.2) is 9.59 Å². The van der Waals surface area contributed by atoms with Gasteiger partial charge in [0.15, 0.2) is 0 Å². The highest BCUT2D eigenvalue weighted by atomic mass is 19.3. The Kier molecular flexibility index (Phi) is 7.30. The van der Waals surface area contributed by atoms with Gasteiger partial charge in [0, 0.05) is 5.92 Å². The van der Waals surface area contributed by atoms with Crippen molar-refractivity contribution in [2.24, 2.45) is 5.92 Å². The Bertz CT molecular complexity index is 998. The van der Waals surface area contributed by atoms with Gasteiger partial charge in [0.2, 0.25) is 0 Å². The van der Waals surface area contributed by atoms with Crippen molar-refractivity contribution in [1.29, 1.82) is 0 Å². The first kappa shape index (κ1) is 24.2. The number of carboxylic acid groups (broad SMARTS) is 1. The minimum absolute atomic E-state index is 0.0628. The average molecular weight is 460 g/mol. The molecule has 3 rings (SSSR count). The van der Waals surface area contributed by atoms with Crippen LogP contribution >= 0.6 is 0 Å². The molecule has 0 fully saturated rings. The number of carbonyl (C=O) groups is 3. The Morgan fingerprint density at radius 1 is 1.06 bits per heavy atom. The van der Waals surface area contributed by atoms with Gasteiger partial charge in [-0.05, 0) is 28.2 Å². The highest BCUT2D eigenvalue weighted by molar-refractivity contribution is 5.88. The van der Waals surface area contributed by atoms with Gasteiger partial charge >= 0.3 is 18.0 Å². The lowest BCUT2D eigenvalue weighted by molar-refractivity contribution is -0.151. The van der Waals surface area contributed by atoms with Crippen LogP contribution in [0.25, 0.3) is 11.1 Å². The zero-order valence-electron chi connectivity index (χ0n) is 18.3. The Balaban J connectivity index is 1.57. The molecule has 0 saturated heterocycles. The molecule has 33 heavy (non-hydrogen) atoms. The monoisotopic (exact) mass is 460 g/mol. The van der Waals surface area contributed by atoms with E-state index in [-0.39, 0.29) is 12.5 Å². The number of carboxylic acids is 1. The first-order valence-corrected chi connectivity index (χ1v) is 10.7. The largest absolute Gasteiger partial charge is 0.480 e. The van der Waals surface area contributed by atoms with Crippen LogP contribution in [0.15, 0.2) is 48.5 Å². The van der Waals surface area contributed by atoms with Crippen molar-refractivity contribution in [2.45, 2.75) is 38.2 Å². The molecule has 1 aliphatic rings. The van der Waals surface area contributed by atoms with Crippen LogP contribution in [0.5, 0.6) is 0 Å². The van der Waals surface area contributed by atoms with Crippen LogP contribution in [0.3, 0.4) is 0 Å². The molecule has 3 N–H and O–H groups in total. The predicted octanol–water partition coefficient (Wildman–Crippen LogP) is 3.78. The molecule has 2 unspecified atom stereocenters. The van der Waals surface area contributed by atoms with Gasteiger partial charge in [-0.2, -0.15) is 8.78 Å². The van der Waals surface area contributed by atoms with Crippen LogP contribution in [0.1, 0.15) is 37.3 Å². The number of aliphatic carboxylic acids is 1. The molecule has 0 radical (unpaired) electrons. The third kappa shape index (κ3) is 5.30. The van der Waals surface area contributed by atoms with Crippen molar-refractivity contribution in [1.82, 2.24) is 10.6 Å². The SMILES string of the molecule is CCC(C)C(NC(=O)C(F)(F)CNC(=O)OCC1c2ccccc2-c2ccccc21)C(=O)O. The number of ether oxygens (including phenoxy) is 1. The lowest BCUT2D eigenvalue weighted by atomic mass is 9.98. The average Bonchev–Trinajstić information content (AvgIpc) is 3.12. The molecule has 176 valence electrons. The molecule has 9 heteroatoms. The van der Waals surface area contributed by atoms with E-state index in [9.17, 15) is 28.3 Å². The van der Waals surface area contributed by atoms with Crippen molar-refractivity contribution in [3.05, 3.63) is 59.7 Å². The number of alkyl halides is 2. The number of rotatable bonds is 9. The highest BCUT2D eigenvalue weighted by Gasteiger charge is 2.42. The Morgan fingerprint density at radius 2 is 1.61 bits per heavy atom. The molecule has 7 nitrogen and oxygen atoms in total. The molecule has 0 heterocycles. The molecule has 2 aromatic carbocycles. The summed E-state index contributed by atoms with van der Waals surface area (Å²) < 4.78 is 33.6. The number of carbonyl (C=O) groups excluding carboxylic acids is 2. The molecular formula is C24H26F2N2O5. The molecule has 0 spiro atoms. The van der Waals surface area contributed by atoms with E-state index in [4.69, 9.17) is 4.74 Å². The van der Waals surface area contributed by atoms with Crippen molar-refractivity contribution in [2.75, 3.05) is 13.2 Å². The van der Waals surface area contributed by atoms with Gasteiger partial charge in [0.1, 0.15) is 12.6 Å². The highest BCUT2D eigenvalue weighted by Crippen LogP contribution is 2.44. The Morgan fingerprint density at radius 3 is 2.12 bits per heavy atom. The number of nitrogens with one attached hydrogen (secondary N) is 2. The summed E-state index contributed by atoms with van der Waals surface area (Å²) in [7, 11) is 0. The summed E-state index contributed by atoms with van der Waals surface area (Å²) in [6, 6.07) is 13.9. The van der Waals surface area contributed by atoms with Crippen molar-refractivity contribution >= 4 is 18.0 Å². The molecule has 0 aromatic heterocycles. The van der Waals surface area contributed by atoms with E-state index < -0.39 is 42.4 Å². The predicted molar refractivity (Wildman–Crippen MR) is 117 cm³/mol. The summed E-state index contributed by atoms with van der Waals surface area (Å²) in [5, 5.41) is 12.9. The number of hydrogen-bond acceptors (Lipinski definition) is 4. The number of benzene rings is 2. The number of hydrogen-bond donors (Lipinski definition) is 3. The smallest absolute Gasteiger partial charge is 0.407 e. The number of fused-ring (bicyclic) bond motifs is 3. The topological polar surface area (TPSA) is 105 Å². The van der Waals surface area contributed by atoms with E-state index in [0.717, 1.165) is 22.3 Å². The summed E-state index contributed by atoms with van der Waals surface area (Å²) in [4.78, 5) is 35.3. The fourth-order valence-corrected chi connectivity index (χ4v) is 3.84. The van der Waals surface area contributed by atoms with Crippen LogP contribution < -0.4 is 10.6 Å². The van der Waals surface area contributed by atoms with Crippen LogP contribution in [0.4, 0.5) is 13.6 Å². The maximum Gasteiger partial charge on any atom is 0.407 e. The standard InChI is InChI=1S/C24H26F2N2O5/c1-3-14(2)20(21(29)30)28-22(31)24(25,26)13-27-23(32)33-12-19-17-10-6-4-8-15(17)16-9-5-7-11-18(16)19/h4-11,14,19-20H,3,12-13H2,1-2H3,(H,27,32)(H,28,31)(H,29,30). The van der Waals surface area contributed by atoms with Crippen LogP contribution in [-0.2, 0) is 14.3 Å². The van der Waals surface area contributed by atoms with Gasteiger partial charge in [0.25, 0.3) is 5.91 Å². The number of halogens is 2. The van der Waals surface area contributed by atoms with Crippen LogP contribution in [-0.4, -0.2) is 48.2 Å². The zero-order chi connectivity index (χ0) is 24.2. The van der Waals surface area contributed by atoms with Gasteiger partial charge in [-0.3, -0.25) is 4.79 Å². The van der Waals surface area contributed by atoms with Gasteiger partial charge in [-0.1, -0.05) is 68.8 Å². The summed E-state index contributed by atoms with van der Waals surface area (Å²) in [6.45, 7) is 1.84. The summed E-state index contributed by atoms with van der Waals surface area (Å²) >= 11 is 0. The van der Waals surface area contributed by atoms with E-state index in [1.807, 2.05) is 59.2 Å². The Hall–Kier alpha value is -3.49. The molecule has 2 amide bonds. The van der Waals surface area contributed by atoms with Crippen molar-refractivity contribution < 1.29 is 33.0 Å². The molecule has 0 saturated carbocycles. The van der Waals surface area contributed by atoms with Gasteiger partial charge in [-0.15, -0.1) is 0 Å². The minimum atomic E-state index is -4.01. The normalized spacial score (nSPS) is 14.5. The third-order valence-corrected chi connectivity index (χ3v) is 5.90. The van der Waals surface area contributed by atoms with E-state index >= 15 is 0 Å². The molecule has 1 aliphatic carbocycles. The number of amides is 2. The maximum absolute atomic E-state index is 14.2. The molecule has 0 aliphatic heterocycles. The van der Waals surface area contributed by atoms with E-state index in [1.54, 1.807) is 6.92 Å². The quantitative estimate of drug-likeness (QED) is 0.528. The summed E-state index contributed by atoms with van der Waals surface area (Å²) in [6.07, 6.45) is -0.720. The lowest BCUT2D eigenvalue weighted by Crippen LogP contribution is -2.54. The lowest BCUT2D eigenvalue weighted by Gasteiger charge is -2.23. The van der Waals surface area contributed by atoms with E-state index in [1.165, 1.54) is 6.92 Å². The minimum Gasteiger partial charge on any atom is -0.480 e. The first-order valence-electron chi connectivity index (χ1n) is 10.7. The molecule has 2 aromatic rings. The van der Waals surface area contributed by atoms with Crippen LogP contribution in [0.2, 0.25) is 0 Å². The van der Waals surface area contributed by atoms with Crippen LogP contribution in [0, 0.1) is 5.92 Å². The second-order valence-electron chi connectivity index (χ2n) is 8.06. The number of alkyl carbamates (subject to hydrolysis) is 1. The summed E-state index contributed by atoms with van der Waals surface area (Å²) in [5.74, 6) is -7.96. The second kappa shape index (κ2) is 9.97. The zero-order valence-corrected chi connectivity index (χ0v) is 18.3. The second-order valence-corrected chi connectivity index (χ2v) is 8.06. The third-order valence-electron chi connectivity index (χ3n) is 5.90. The molecule has 2 atom stereocenters. The first-order chi connectivity index (χ1) is 15.7. The summed E-state index contributed by atoms with van der Waals surface area (Å²) in [5.41, 5.74) is 4.00. The fraction of sp³-hybridized carbons (Fsp3) is 0.375.